The molecule has 0 bridgehead atoms. The Morgan fingerprint density at radius 3 is 2.50 bits per heavy atom. The Bertz CT molecular complexity index is 842. The third kappa shape index (κ3) is 3.55. The Morgan fingerprint density at radius 2 is 1.83 bits per heavy atom. The van der Waals surface area contributed by atoms with E-state index in [2.05, 4.69) is 4.98 Å². The van der Waals surface area contributed by atoms with Gasteiger partial charge in [0, 0.05) is 10.9 Å². The SMILES string of the molecule is COc1ccc(OCc2ccccc2-c2nc(C(=O)O)cs2)cc1. The van der Waals surface area contributed by atoms with Crippen molar-refractivity contribution < 1.29 is 19.4 Å². The second kappa shape index (κ2) is 7.14. The molecule has 0 atom stereocenters. The molecule has 3 rings (SSSR count). The summed E-state index contributed by atoms with van der Waals surface area (Å²) in [5, 5.41) is 11.2. The van der Waals surface area contributed by atoms with Crippen LogP contribution in [0.15, 0.2) is 53.9 Å². The first-order valence-corrected chi connectivity index (χ1v) is 8.09. The number of methoxy groups -OCH3 is 1. The third-order valence-electron chi connectivity index (χ3n) is 3.42. The van der Waals surface area contributed by atoms with Crippen LogP contribution in [0, 0.1) is 0 Å². The zero-order chi connectivity index (χ0) is 16.9. The lowest BCUT2D eigenvalue weighted by Crippen LogP contribution is -1.99. The lowest BCUT2D eigenvalue weighted by atomic mass is 10.1. The number of benzene rings is 2. The van der Waals surface area contributed by atoms with Crippen molar-refractivity contribution in [1.82, 2.24) is 4.98 Å². The van der Waals surface area contributed by atoms with Gasteiger partial charge in [0.25, 0.3) is 0 Å². The van der Waals surface area contributed by atoms with E-state index in [1.807, 2.05) is 48.5 Å². The van der Waals surface area contributed by atoms with Crippen LogP contribution in [0.2, 0.25) is 0 Å². The first-order chi connectivity index (χ1) is 11.7. The maximum Gasteiger partial charge on any atom is 0.355 e. The summed E-state index contributed by atoms with van der Waals surface area (Å²) >= 11 is 1.31. The highest BCUT2D eigenvalue weighted by Gasteiger charge is 2.13. The van der Waals surface area contributed by atoms with Gasteiger partial charge in [-0.25, -0.2) is 9.78 Å². The number of aromatic nitrogens is 1. The summed E-state index contributed by atoms with van der Waals surface area (Å²) in [6.45, 7) is 0.366. The van der Waals surface area contributed by atoms with Crippen LogP contribution in [-0.2, 0) is 6.61 Å². The van der Waals surface area contributed by atoms with Gasteiger partial charge in [0.2, 0.25) is 0 Å². The zero-order valence-corrected chi connectivity index (χ0v) is 13.7. The number of ether oxygens (including phenoxy) is 2. The average Bonchev–Trinajstić information content (AvgIpc) is 3.11. The Kier molecular flexibility index (Phi) is 4.77. The molecule has 0 unspecified atom stereocenters. The topological polar surface area (TPSA) is 68.7 Å². The molecule has 0 aliphatic rings. The fraction of sp³-hybridized carbons (Fsp3) is 0.111. The van der Waals surface area contributed by atoms with Gasteiger partial charge in [-0.05, 0) is 29.8 Å². The highest BCUT2D eigenvalue weighted by molar-refractivity contribution is 7.13. The van der Waals surface area contributed by atoms with E-state index < -0.39 is 5.97 Å². The number of carboxylic acid groups (broad SMARTS) is 1. The molecule has 1 N–H and O–H groups in total. The quantitative estimate of drug-likeness (QED) is 0.731. The highest BCUT2D eigenvalue weighted by atomic mass is 32.1. The molecular weight excluding hydrogens is 326 g/mol. The van der Waals surface area contributed by atoms with Gasteiger partial charge in [0.15, 0.2) is 5.69 Å². The summed E-state index contributed by atoms with van der Waals surface area (Å²) < 4.78 is 10.9. The molecule has 0 amide bonds. The minimum Gasteiger partial charge on any atom is -0.497 e. The molecule has 122 valence electrons. The maximum atomic E-state index is 11.0. The van der Waals surface area contributed by atoms with Gasteiger partial charge in [-0.15, -0.1) is 11.3 Å². The summed E-state index contributed by atoms with van der Waals surface area (Å²) in [5.74, 6) is 0.479. The van der Waals surface area contributed by atoms with E-state index >= 15 is 0 Å². The second-order valence-corrected chi connectivity index (χ2v) is 5.82. The third-order valence-corrected chi connectivity index (χ3v) is 4.30. The molecule has 0 aliphatic heterocycles. The zero-order valence-electron chi connectivity index (χ0n) is 12.9. The van der Waals surface area contributed by atoms with Gasteiger partial charge in [-0.3, -0.25) is 0 Å². The van der Waals surface area contributed by atoms with Gasteiger partial charge in [-0.1, -0.05) is 24.3 Å². The Morgan fingerprint density at radius 1 is 1.12 bits per heavy atom. The van der Waals surface area contributed by atoms with Gasteiger partial charge in [-0.2, -0.15) is 0 Å². The standard InChI is InChI=1S/C18H15NO4S/c1-22-13-6-8-14(9-7-13)23-10-12-4-2-3-5-15(12)17-19-16(11-24-17)18(20)21/h2-9,11H,10H2,1H3,(H,20,21). The van der Waals surface area contributed by atoms with E-state index in [-0.39, 0.29) is 5.69 Å². The molecular formula is C18H15NO4S. The molecule has 0 spiro atoms. The summed E-state index contributed by atoms with van der Waals surface area (Å²) in [5.41, 5.74) is 1.88. The first-order valence-electron chi connectivity index (χ1n) is 7.21. The van der Waals surface area contributed by atoms with Crippen LogP contribution >= 0.6 is 11.3 Å². The van der Waals surface area contributed by atoms with E-state index in [1.165, 1.54) is 11.3 Å². The number of hydrogen-bond acceptors (Lipinski definition) is 5. The predicted molar refractivity (Wildman–Crippen MR) is 91.8 cm³/mol. The van der Waals surface area contributed by atoms with E-state index in [4.69, 9.17) is 14.6 Å². The normalized spacial score (nSPS) is 10.4. The minimum absolute atomic E-state index is 0.0564. The molecule has 0 saturated carbocycles. The monoisotopic (exact) mass is 341 g/mol. The Hall–Kier alpha value is -2.86. The van der Waals surface area contributed by atoms with Crippen molar-refractivity contribution in [3.05, 3.63) is 65.2 Å². The average molecular weight is 341 g/mol. The van der Waals surface area contributed by atoms with Crippen LogP contribution in [0.5, 0.6) is 11.5 Å². The smallest absolute Gasteiger partial charge is 0.355 e. The minimum atomic E-state index is -1.02. The molecule has 3 aromatic rings. The first kappa shape index (κ1) is 16.0. The highest BCUT2D eigenvalue weighted by Crippen LogP contribution is 2.28. The fourth-order valence-electron chi connectivity index (χ4n) is 2.18. The number of thiazole rings is 1. The number of aromatic carboxylic acids is 1. The summed E-state index contributed by atoms with van der Waals surface area (Å²) in [6.07, 6.45) is 0. The van der Waals surface area contributed by atoms with Crippen molar-refractivity contribution in [2.24, 2.45) is 0 Å². The number of carbonyl (C=O) groups is 1. The van der Waals surface area contributed by atoms with E-state index in [0.717, 1.165) is 22.6 Å². The van der Waals surface area contributed by atoms with Crippen molar-refractivity contribution in [2.45, 2.75) is 6.61 Å². The molecule has 0 fully saturated rings. The molecule has 6 heteroatoms. The van der Waals surface area contributed by atoms with Crippen molar-refractivity contribution in [2.75, 3.05) is 7.11 Å². The van der Waals surface area contributed by atoms with Crippen molar-refractivity contribution in [3.8, 4) is 22.1 Å². The molecule has 0 saturated heterocycles. The molecule has 0 aliphatic carbocycles. The molecule has 2 aromatic carbocycles. The van der Waals surface area contributed by atoms with Crippen LogP contribution in [0.3, 0.4) is 0 Å². The van der Waals surface area contributed by atoms with Gasteiger partial charge in [0.1, 0.15) is 23.1 Å². The molecule has 5 nitrogen and oxygen atoms in total. The lowest BCUT2D eigenvalue weighted by molar-refractivity contribution is 0.0691. The molecule has 1 heterocycles. The van der Waals surface area contributed by atoms with Gasteiger partial charge >= 0.3 is 5.97 Å². The van der Waals surface area contributed by atoms with Crippen LogP contribution in [0.4, 0.5) is 0 Å². The van der Waals surface area contributed by atoms with Crippen LogP contribution < -0.4 is 9.47 Å². The molecule has 0 radical (unpaired) electrons. The number of rotatable bonds is 6. The van der Waals surface area contributed by atoms with Crippen molar-refractivity contribution in [3.63, 3.8) is 0 Å². The molecule has 24 heavy (non-hydrogen) atoms. The van der Waals surface area contributed by atoms with E-state index in [0.29, 0.717) is 11.6 Å². The Labute approximate surface area is 143 Å². The second-order valence-electron chi connectivity index (χ2n) is 4.96. The predicted octanol–water partition coefficient (Wildman–Crippen LogP) is 4.10. The summed E-state index contributed by atoms with van der Waals surface area (Å²) in [7, 11) is 1.62. The van der Waals surface area contributed by atoms with Crippen LogP contribution in [0.1, 0.15) is 16.1 Å². The van der Waals surface area contributed by atoms with Gasteiger partial charge in [0.05, 0.1) is 7.11 Å². The van der Waals surface area contributed by atoms with Crippen LogP contribution in [-0.4, -0.2) is 23.2 Å². The Balaban J connectivity index is 1.79. The number of carboxylic acids is 1. The summed E-state index contributed by atoms with van der Waals surface area (Å²) in [6, 6.07) is 15.0. The number of hydrogen-bond donors (Lipinski definition) is 1. The van der Waals surface area contributed by atoms with Crippen molar-refractivity contribution >= 4 is 17.3 Å². The van der Waals surface area contributed by atoms with E-state index in [1.54, 1.807) is 12.5 Å². The maximum absolute atomic E-state index is 11.0. The lowest BCUT2D eigenvalue weighted by Gasteiger charge is -2.10. The molecule has 1 aromatic heterocycles. The van der Waals surface area contributed by atoms with Gasteiger partial charge < -0.3 is 14.6 Å². The summed E-state index contributed by atoms with van der Waals surface area (Å²) in [4.78, 5) is 15.2. The van der Waals surface area contributed by atoms with Crippen LogP contribution in [0.25, 0.3) is 10.6 Å². The number of nitrogens with zero attached hydrogens (tertiary/aromatic N) is 1. The van der Waals surface area contributed by atoms with Crippen molar-refractivity contribution in [1.29, 1.82) is 0 Å². The largest absolute Gasteiger partial charge is 0.497 e. The fourth-order valence-corrected chi connectivity index (χ4v) is 3.04. The van der Waals surface area contributed by atoms with E-state index in [9.17, 15) is 4.79 Å².